The highest BCUT2D eigenvalue weighted by atomic mass is 19.4. The summed E-state index contributed by atoms with van der Waals surface area (Å²) in [7, 11) is 0. The number of ether oxygens (including phenoxy) is 1. The predicted molar refractivity (Wildman–Crippen MR) is 34.2 cm³/mol. The van der Waals surface area contributed by atoms with Gasteiger partial charge in [0, 0.05) is 5.41 Å². The minimum absolute atomic E-state index is 0.184. The fourth-order valence-electron chi connectivity index (χ4n) is 1.04. The van der Waals surface area contributed by atoms with Gasteiger partial charge in [-0.25, -0.2) is 0 Å². The summed E-state index contributed by atoms with van der Waals surface area (Å²) in [6, 6.07) is 0. The number of rotatable bonds is 0. The first-order chi connectivity index (χ1) is 4.71. The Morgan fingerprint density at radius 2 is 1.64 bits per heavy atom. The van der Waals surface area contributed by atoms with Crippen LogP contribution in [0.15, 0.2) is 0 Å². The van der Waals surface area contributed by atoms with Crippen molar-refractivity contribution in [2.45, 2.75) is 32.5 Å². The lowest BCUT2D eigenvalue weighted by Gasteiger charge is -2.53. The second kappa shape index (κ2) is 1.91. The van der Waals surface area contributed by atoms with Crippen LogP contribution in [0.2, 0.25) is 0 Å². The minimum atomic E-state index is -4.26. The Labute approximate surface area is 63.5 Å². The van der Waals surface area contributed by atoms with Crippen LogP contribution in [-0.4, -0.2) is 18.4 Å². The van der Waals surface area contributed by atoms with E-state index < -0.39 is 17.2 Å². The molecule has 11 heavy (non-hydrogen) atoms. The van der Waals surface area contributed by atoms with Crippen molar-refractivity contribution in [3.63, 3.8) is 0 Å². The van der Waals surface area contributed by atoms with Crippen LogP contribution in [0.25, 0.3) is 0 Å². The van der Waals surface area contributed by atoms with Crippen molar-refractivity contribution in [2.24, 2.45) is 5.41 Å². The Hall–Kier alpha value is -0.250. The van der Waals surface area contributed by atoms with Gasteiger partial charge in [0.25, 0.3) is 0 Å². The molecule has 0 aromatic heterocycles. The molecule has 0 bridgehead atoms. The Bertz CT molecular complexity index is 161. The van der Waals surface area contributed by atoms with Crippen LogP contribution >= 0.6 is 0 Å². The fraction of sp³-hybridized carbons (Fsp3) is 1.00. The van der Waals surface area contributed by atoms with Crippen LogP contribution in [0.1, 0.15) is 20.8 Å². The topological polar surface area (TPSA) is 9.23 Å². The van der Waals surface area contributed by atoms with Crippen LogP contribution in [0, 0.1) is 5.41 Å². The summed E-state index contributed by atoms with van der Waals surface area (Å²) in [5.74, 6) is 0. The van der Waals surface area contributed by atoms with Crippen LogP contribution in [-0.2, 0) is 4.74 Å². The molecule has 1 saturated heterocycles. The zero-order valence-corrected chi connectivity index (χ0v) is 6.75. The quantitative estimate of drug-likeness (QED) is 0.539. The van der Waals surface area contributed by atoms with E-state index in [0.29, 0.717) is 0 Å². The monoisotopic (exact) mass is 168 g/mol. The summed E-state index contributed by atoms with van der Waals surface area (Å²) >= 11 is 0. The molecule has 0 aliphatic carbocycles. The van der Waals surface area contributed by atoms with E-state index in [1.54, 1.807) is 13.8 Å². The molecule has 0 aromatic carbocycles. The molecule has 0 spiro atoms. The molecule has 0 N–H and O–H groups in total. The SMILES string of the molecule is CC1(C)COC1(C)C(F)(F)F. The zero-order valence-electron chi connectivity index (χ0n) is 6.75. The van der Waals surface area contributed by atoms with Gasteiger partial charge in [0.2, 0.25) is 0 Å². The smallest absolute Gasteiger partial charge is 0.364 e. The normalized spacial score (nSPS) is 36.5. The molecule has 0 saturated carbocycles. The van der Waals surface area contributed by atoms with Gasteiger partial charge in [-0.3, -0.25) is 0 Å². The standard InChI is InChI=1S/C7H11F3O/c1-5(2)4-11-6(5,3)7(8,9)10/h4H2,1-3H3. The van der Waals surface area contributed by atoms with E-state index >= 15 is 0 Å². The Morgan fingerprint density at radius 1 is 1.18 bits per heavy atom. The summed E-state index contributed by atoms with van der Waals surface area (Å²) in [5.41, 5.74) is -2.73. The first-order valence-electron chi connectivity index (χ1n) is 3.41. The maximum Gasteiger partial charge on any atom is 0.417 e. The summed E-state index contributed by atoms with van der Waals surface area (Å²) in [4.78, 5) is 0. The average Bonchev–Trinajstić information content (AvgIpc) is 1.81. The van der Waals surface area contributed by atoms with Gasteiger partial charge in [-0.1, -0.05) is 13.8 Å². The van der Waals surface area contributed by atoms with Gasteiger partial charge in [0.05, 0.1) is 6.61 Å². The minimum Gasteiger partial charge on any atom is -0.364 e. The van der Waals surface area contributed by atoms with Crippen LogP contribution in [0.3, 0.4) is 0 Å². The van der Waals surface area contributed by atoms with Gasteiger partial charge in [0.15, 0.2) is 5.60 Å². The molecule has 1 unspecified atom stereocenters. The highest BCUT2D eigenvalue weighted by molar-refractivity contribution is 5.03. The molecule has 1 aliphatic heterocycles. The van der Waals surface area contributed by atoms with E-state index in [2.05, 4.69) is 4.74 Å². The van der Waals surface area contributed by atoms with Crippen molar-refractivity contribution in [3.05, 3.63) is 0 Å². The van der Waals surface area contributed by atoms with Crippen LogP contribution < -0.4 is 0 Å². The third-order valence-electron chi connectivity index (χ3n) is 2.55. The van der Waals surface area contributed by atoms with Crippen molar-refractivity contribution >= 4 is 0 Å². The zero-order chi connectivity index (χ0) is 8.91. The van der Waals surface area contributed by atoms with E-state index in [4.69, 9.17) is 0 Å². The van der Waals surface area contributed by atoms with Crippen molar-refractivity contribution in [3.8, 4) is 0 Å². The Kier molecular flexibility index (Phi) is 1.54. The molecule has 0 radical (unpaired) electrons. The number of hydrogen-bond donors (Lipinski definition) is 0. The van der Waals surface area contributed by atoms with Gasteiger partial charge in [0.1, 0.15) is 0 Å². The van der Waals surface area contributed by atoms with Gasteiger partial charge < -0.3 is 4.74 Å². The van der Waals surface area contributed by atoms with Crippen molar-refractivity contribution in [1.82, 2.24) is 0 Å². The third-order valence-corrected chi connectivity index (χ3v) is 2.55. The van der Waals surface area contributed by atoms with Crippen LogP contribution in [0.4, 0.5) is 13.2 Å². The van der Waals surface area contributed by atoms with E-state index in [1.807, 2.05) is 0 Å². The van der Waals surface area contributed by atoms with Gasteiger partial charge >= 0.3 is 6.18 Å². The predicted octanol–water partition coefficient (Wildman–Crippen LogP) is 2.36. The van der Waals surface area contributed by atoms with Gasteiger partial charge in [-0.15, -0.1) is 0 Å². The lowest BCUT2D eigenvalue weighted by atomic mass is 9.71. The second-order valence-electron chi connectivity index (χ2n) is 3.70. The molecule has 1 rings (SSSR count). The van der Waals surface area contributed by atoms with Crippen molar-refractivity contribution < 1.29 is 17.9 Å². The summed E-state index contributed by atoms with van der Waals surface area (Å²) < 4.78 is 41.3. The molecular formula is C7H11F3O. The Morgan fingerprint density at radius 3 is 1.64 bits per heavy atom. The van der Waals surface area contributed by atoms with Gasteiger partial charge in [-0.2, -0.15) is 13.2 Å². The summed E-state index contributed by atoms with van der Waals surface area (Å²) in [6.45, 7) is 4.40. The highest BCUT2D eigenvalue weighted by Crippen LogP contribution is 2.53. The first kappa shape index (κ1) is 8.84. The molecule has 4 heteroatoms. The second-order valence-corrected chi connectivity index (χ2v) is 3.70. The van der Waals surface area contributed by atoms with E-state index in [0.717, 1.165) is 6.92 Å². The lowest BCUT2D eigenvalue weighted by Crippen LogP contribution is -2.66. The number of halogens is 3. The van der Waals surface area contributed by atoms with Gasteiger partial charge in [-0.05, 0) is 6.92 Å². The average molecular weight is 168 g/mol. The van der Waals surface area contributed by atoms with Crippen molar-refractivity contribution in [1.29, 1.82) is 0 Å². The van der Waals surface area contributed by atoms with Crippen molar-refractivity contribution in [2.75, 3.05) is 6.61 Å². The molecule has 1 heterocycles. The maximum atomic E-state index is 12.3. The maximum absolute atomic E-state index is 12.3. The third kappa shape index (κ3) is 0.956. The molecule has 66 valence electrons. The number of hydrogen-bond acceptors (Lipinski definition) is 1. The van der Waals surface area contributed by atoms with E-state index in [9.17, 15) is 13.2 Å². The fourth-order valence-corrected chi connectivity index (χ4v) is 1.04. The van der Waals surface area contributed by atoms with E-state index in [-0.39, 0.29) is 6.61 Å². The van der Waals surface area contributed by atoms with E-state index in [1.165, 1.54) is 0 Å². The molecule has 0 amide bonds. The molecular weight excluding hydrogens is 157 g/mol. The molecule has 1 aliphatic rings. The highest BCUT2D eigenvalue weighted by Gasteiger charge is 2.67. The van der Waals surface area contributed by atoms with Crippen LogP contribution in [0.5, 0.6) is 0 Å². The molecule has 1 nitrogen and oxygen atoms in total. The molecule has 0 aromatic rings. The Balaban J connectivity index is 2.86. The number of alkyl halides is 3. The largest absolute Gasteiger partial charge is 0.417 e. The summed E-state index contributed by atoms with van der Waals surface area (Å²) in [6.07, 6.45) is -4.26. The first-order valence-corrected chi connectivity index (χ1v) is 3.41. The lowest BCUT2D eigenvalue weighted by molar-refractivity contribution is -0.374. The summed E-state index contributed by atoms with van der Waals surface area (Å²) in [5, 5.41) is 0. The molecule has 1 fully saturated rings. The molecule has 1 atom stereocenters.